The van der Waals surface area contributed by atoms with E-state index in [0.29, 0.717) is 0 Å². The Balaban J connectivity index is -0.000000000833. The molecule has 0 saturated carbocycles. The summed E-state index contributed by atoms with van der Waals surface area (Å²) in [6, 6.07) is 0. The van der Waals surface area contributed by atoms with Gasteiger partial charge in [-0.15, -0.1) is 0 Å². The van der Waals surface area contributed by atoms with Crippen LogP contribution in [0, 0.1) is 0 Å². The quantitative estimate of drug-likeness (QED) is 0.171. The third kappa shape index (κ3) is 22.7. The number of hydrogen-bond acceptors (Lipinski definition) is 0. The van der Waals surface area contributed by atoms with E-state index < -0.39 is 0 Å². The maximum Gasteiger partial charge on any atom is 1.00 e. The zero-order valence-electron chi connectivity index (χ0n) is 2.96. The van der Waals surface area contributed by atoms with Crippen LogP contribution in [0.1, 0.15) is 0 Å². The molecule has 0 aromatic rings. The number of rotatable bonds is 0. The first-order chi connectivity index (χ1) is 1.00. The molecule has 0 heterocycles. The normalized spacial score (nSPS) is 0.833. The molecule has 0 aromatic carbocycles. The van der Waals surface area contributed by atoms with Crippen molar-refractivity contribution in [3.8, 4) is 0 Å². The molecule has 0 spiro atoms. The van der Waals surface area contributed by atoms with Crippen LogP contribution in [-0.2, 0) is 0 Å². The maximum absolute atomic E-state index is 2.26. The summed E-state index contributed by atoms with van der Waals surface area (Å²) >= 11 is 3.68. The van der Waals surface area contributed by atoms with Crippen LogP contribution in [0.4, 0.5) is 0 Å². The predicted octanol–water partition coefficient (Wildman–Crippen LogP) is -11.5. The van der Waals surface area contributed by atoms with Crippen LogP contribution in [0.25, 0.3) is 0 Å². The summed E-state index contributed by atoms with van der Waals surface area (Å²) in [5.41, 5.74) is 0. The molecule has 0 saturated heterocycles. The summed E-state index contributed by atoms with van der Waals surface area (Å²) in [7, 11) is 0. The fraction of sp³-hybridized carbons (Fsp3) is 0. The molecular formula is BiI4K. The minimum absolute atomic E-state index is 0. The summed E-state index contributed by atoms with van der Waals surface area (Å²) in [5.74, 6) is 0. The van der Waals surface area contributed by atoms with Gasteiger partial charge in [0.15, 0.2) is 0 Å². The molecule has 0 fully saturated rings. The Hall–Kier alpha value is 5.44. The van der Waals surface area contributed by atoms with E-state index in [9.17, 15) is 0 Å². The maximum atomic E-state index is 2.26. The summed E-state index contributed by atoms with van der Waals surface area (Å²) in [6.07, 6.45) is 0. The molecule has 34 valence electrons. The first kappa shape index (κ1) is 30.1. The first-order valence-corrected chi connectivity index (χ1v) is 9.95. The second kappa shape index (κ2) is 31.4. The van der Waals surface area contributed by atoms with Crippen molar-refractivity contribution >= 4 is 38.6 Å². The van der Waals surface area contributed by atoms with Crippen LogP contribution in [0.2, 0.25) is 0 Å². The van der Waals surface area contributed by atoms with Crippen LogP contribution in [0.15, 0.2) is 0 Å². The summed E-state index contributed by atoms with van der Waals surface area (Å²) < 4.78 is 0. The Bertz CT molecular complexity index is 7.51. The minimum atomic E-state index is 0. The Morgan fingerprint density at radius 2 is 0.833 bits per heavy atom. The van der Waals surface area contributed by atoms with E-state index in [1.54, 1.807) is 0 Å². The average Bonchev–Trinajstić information content (AvgIpc) is 1.00. The minimum Gasteiger partial charge on any atom is 1.00 e. The van der Waals surface area contributed by atoms with Crippen LogP contribution in [-0.4, -0.2) is 20.5 Å². The topological polar surface area (TPSA) is 0 Å². The zero-order chi connectivity index (χ0) is 2.00. The molecule has 0 atom stereocenters. The van der Waals surface area contributed by atoms with Gasteiger partial charge in [0.2, 0.25) is 0 Å². The molecule has 0 aliphatic heterocycles. The molecule has 2 radical (unpaired) electrons. The van der Waals surface area contributed by atoms with Crippen molar-refractivity contribution in [3.05, 3.63) is 0 Å². The summed E-state index contributed by atoms with van der Waals surface area (Å²) in [4.78, 5) is 0. The summed E-state index contributed by atoms with van der Waals surface area (Å²) in [5, 5.41) is 0. The van der Waals surface area contributed by atoms with Crippen molar-refractivity contribution in [3.63, 3.8) is 0 Å². The van der Waals surface area contributed by atoms with Gasteiger partial charge in [-0.2, -0.15) is 0 Å². The SMILES string of the molecule is [I-].[I-].[I-].[I][Bi+2].[K+]. The Labute approximate surface area is 157 Å². The van der Waals surface area contributed by atoms with Gasteiger partial charge >= 0.3 is 90.0 Å². The molecule has 0 aliphatic carbocycles. The van der Waals surface area contributed by atoms with Crippen molar-refractivity contribution in [2.45, 2.75) is 0 Å². The van der Waals surface area contributed by atoms with Gasteiger partial charge in [0.1, 0.15) is 0 Å². The molecule has 0 unspecified atom stereocenters. The largest absolute Gasteiger partial charge is 1.00 e. The summed E-state index contributed by atoms with van der Waals surface area (Å²) in [6.45, 7) is 0. The van der Waals surface area contributed by atoms with Gasteiger partial charge in [0.25, 0.3) is 0 Å². The predicted molar refractivity (Wildman–Crippen MR) is 19.8 cm³/mol. The van der Waals surface area contributed by atoms with Crippen molar-refractivity contribution in [2.75, 3.05) is 0 Å². The Morgan fingerprint density at radius 1 is 0.833 bits per heavy atom. The van der Waals surface area contributed by atoms with Crippen LogP contribution in [0.5, 0.6) is 0 Å². The van der Waals surface area contributed by atoms with Crippen molar-refractivity contribution in [1.29, 1.82) is 0 Å². The van der Waals surface area contributed by atoms with E-state index in [1.165, 1.54) is 20.5 Å². The monoisotopic (exact) mass is 756 g/mol. The van der Waals surface area contributed by atoms with E-state index in [1.807, 2.05) is 0 Å². The smallest absolute Gasteiger partial charge is 1.00 e. The van der Waals surface area contributed by atoms with Gasteiger partial charge in [0, 0.05) is 0 Å². The molecule has 0 amide bonds. The third-order valence-electron chi connectivity index (χ3n) is 0. The third-order valence-corrected chi connectivity index (χ3v) is 0. The van der Waals surface area contributed by atoms with Gasteiger partial charge in [-0.25, -0.2) is 0 Å². The molecule has 0 N–H and O–H groups in total. The first-order valence-electron chi connectivity index (χ1n) is 0.169. The molecule has 0 aromatic heterocycles. The van der Waals surface area contributed by atoms with Gasteiger partial charge in [-0.05, 0) is 0 Å². The molecule has 6 heavy (non-hydrogen) atoms. The fourth-order valence-corrected chi connectivity index (χ4v) is 0. The number of hydrogen-bond donors (Lipinski definition) is 0. The van der Waals surface area contributed by atoms with Gasteiger partial charge in [-0.1, -0.05) is 0 Å². The van der Waals surface area contributed by atoms with Crippen molar-refractivity contribution in [1.82, 2.24) is 0 Å². The van der Waals surface area contributed by atoms with E-state index in [0.717, 1.165) is 0 Å². The van der Waals surface area contributed by atoms with Crippen LogP contribution in [0.3, 0.4) is 0 Å². The van der Waals surface area contributed by atoms with Gasteiger partial charge < -0.3 is 71.9 Å². The van der Waals surface area contributed by atoms with Crippen LogP contribution < -0.4 is 123 Å². The molecule has 0 aliphatic rings. The second-order valence-corrected chi connectivity index (χ2v) is 0. The van der Waals surface area contributed by atoms with Gasteiger partial charge in [0.05, 0.1) is 0 Å². The van der Waals surface area contributed by atoms with E-state index in [-0.39, 0.29) is 123 Å². The molecule has 0 rings (SSSR count). The Kier molecular flexibility index (Phi) is 158. The van der Waals surface area contributed by atoms with Crippen LogP contribution >= 0.6 is 18.0 Å². The number of halogens is 4. The fourth-order valence-electron chi connectivity index (χ4n) is 0. The average molecular weight is 756 g/mol. The molecule has 6 heteroatoms. The van der Waals surface area contributed by atoms with Crippen molar-refractivity contribution in [2.24, 2.45) is 0 Å². The van der Waals surface area contributed by atoms with E-state index >= 15 is 0 Å². The molecule has 0 nitrogen and oxygen atoms in total. The van der Waals surface area contributed by atoms with Gasteiger partial charge in [-0.3, -0.25) is 0 Å². The zero-order valence-corrected chi connectivity index (χ0v) is 18.2. The standard InChI is InChI=1S/Bi.4HI.K/h;4*1H;/q+3;;;;;+1/p-4. The Morgan fingerprint density at radius 3 is 0.833 bits per heavy atom. The molecule has 0 bridgehead atoms. The van der Waals surface area contributed by atoms with Crippen molar-refractivity contribution < 1.29 is 123 Å². The second-order valence-electron chi connectivity index (χ2n) is 0. The van der Waals surface area contributed by atoms with E-state index in [4.69, 9.17) is 0 Å². The van der Waals surface area contributed by atoms with E-state index in [2.05, 4.69) is 18.0 Å². The molecular weight excluding hydrogens is 756 g/mol.